The summed E-state index contributed by atoms with van der Waals surface area (Å²) in [4.78, 5) is 20.3. The van der Waals surface area contributed by atoms with E-state index in [0.29, 0.717) is 15.6 Å². The van der Waals surface area contributed by atoms with Crippen LogP contribution in [0.5, 0.6) is 0 Å². The molecule has 0 saturated carbocycles. The van der Waals surface area contributed by atoms with Crippen molar-refractivity contribution in [2.75, 3.05) is 0 Å². The summed E-state index contributed by atoms with van der Waals surface area (Å²) in [5, 5.41) is 12.2. The fourth-order valence-corrected chi connectivity index (χ4v) is 3.56. The summed E-state index contributed by atoms with van der Waals surface area (Å²) < 4.78 is 1.83. The van der Waals surface area contributed by atoms with E-state index in [1.807, 2.05) is 36.0 Å². The number of nitrogens with zero attached hydrogens (tertiary/aromatic N) is 4. The molecule has 0 unspecified atom stereocenters. The van der Waals surface area contributed by atoms with Crippen LogP contribution in [-0.2, 0) is 13.5 Å². The molecule has 0 aliphatic heterocycles. The first-order chi connectivity index (χ1) is 13.6. The average Bonchev–Trinajstić information content (AvgIpc) is 3.10. The van der Waals surface area contributed by atoms with Gasteiger partial charge in [0.15, 0.2) is 5.16 Å². The van der Waals surface area contributed by atoms with E-state index >= 15 is 0 Å². The lowest BCUT2D eigenvalue weighted by atomic mass is 10.1. The molecule has 28 heavy (non-hydrogen) atoms. The molecule has 0 radical (unpaired) electrons. The summed E-state index contributed by atoms with van der Waals surface area (Å²) in [5.74, 6) is 0. The normalized spacial score (nSPS) is 11.2. The van der Waals surface area contributed by atoms with Gasteiger partial charge in [-0.05, 0) is 53.9 Å². The molecule has 6 nitrogen and oxygen atoms in total. The third-order valence-electron chi connectivity index (χ3n) is 4.28. The van der Waals surface area contributed by atoms with Gasteiger partial charge < -0.3 is 4.57 Å². The van der Waals surface area contributed by atoms with Crippen LogP contribution in [0.4, 0.5) is 11.4 Å². The number of hydrogen-bond acceptors (Lipinski definition) is 5. The largest absolute Gasteiger partial charge is 0.329 e. The lowest BCUT2D eigenvalue weighted by Crippen LogP contribution is -1.95. The Balaban J connectivity index is 1.77. The number of hydrogen-bond donors (Lipinski definition) is 0. The molecule has 1 aromatic heterocycles. The van der Waals surface area contributed by atoms with Crippen LogP contribution >= 0.6 is 11.8 Å². The first kappa shape index (κ1) is 19.8. The van der Waals surface area contributed by atoms with Gasteiger partial charge in [-0.25, -0.2) is 4.98 Å². The molecule has 0 aliphatic carbocycles. The van der Waals surface area contributed by atoms with Gasteiger partial charge in [-0.1, -0.05) is 31.5 Å². The number of rotatable bonds is 8. The van der Waals surface area contributed by atoms with Crippen molar-refractivity contribution in [3.8, 4) is 0 Å². The van der Waals surface area contributed by atoms with Crippen LogP contribution < -0.4 is 0 Å². The molecular formula is C21H22N4O2S. The highest BCUT2D eigenvalue weighted by atomic mass is 32.2. The molecule has 0 amide bonds. The summed E-state index contributed by atoms with van der Waals surface area (Å²) in [5.41, 5.74) is 2.86. The minimum Gasteiger partial charge on any atom is -0.329 e. The maximum absolute atomic E-state index is 11.5. The molecule has 0 bridgehead atoms. The number of aryl methyl sites for hydroxylation is 2. The zero-order valence-corrected chi connectivity index (χ0v) is 16.7. The van der Waals surface area contributed by atoms with E-state index in [1.54, 1.807) is 24.5 Å². The summed E-state index contributed by atoms with van der Waals surface area (Å²) in [7, 11) is 1.86. The van der Waals surface area contributed by atoms with Crippen LogP contribution in [-0.4, -0.2) is 20.7 Å². The molecule has 7 heteroatoms. The van der Waals surface area contributed by atoms with E-state index in [9.17, 15) is 10.1 Å². The number of aromatic nitrogens is 2. The van der Waals surface area contributed by atoms with E-state index in [2.05, 4.69) is 29.0 Å². The Bertz CT molecular complexity index is 980. The predicted molar refractivity (Wildman–Crippen MR) is 113 cm³/mol. The highest BCUT2D eigenvalue weighted by Crippen LogP contribution is 2.34. The van der Waals surface area contributed by atoms with Crippen molar-refractivity contribution in [1.82, 2.24) is 9.55 Å². The number of imidazole rings is 1. The van der Waals surface area contributed by atoms with Crippen molar-refractivity contribution in [2.24, 2.45) is 12.0 Å². The van der Waals surface area contributed by atoms with Crippen molar-refractivity contribution in [1.29, 1.82) is 0 Å². The lowest BCUT2D eigenvalue weighted by molar-refractivity contribution is -0.387. The maximum atomic E-state index is 11.5. The average molecular weight is 395 g/mol. The Morgan fingerprint density at radius 1 is 1.25 bits per heavy atom. The number of benzene rings is 2. The molecule has 0 atom stereocenters. The van der Waals surface area contributed by atoms with Gasteiger partial charge in [0.1, 0.15) is 0 Å². The molecule has 0 saturated heterocycles. The molecule has 3 rings (SSSR count). The second kappa shape index (κ2) is 9.32. The summed E-state index contributed by atoms with van der Waals surface area (Å²) in [6.07, 6.45) is 8.55. The van der Waals surface area contributed by atoms with Crippen LogP contribution in [0.15, 0.2) is 69.9 Å². The van der Waals surface area contributed by atoms with Crippen LogP contribution in [0.3, 0.4) is 0 Å². The molecule has 144 valence electrons. The van der Waals surface area contributed by atoms with E-state index in [1.165, 1.54) is 30.2 Å². The minimum atomic E-state index is -0.370. The van der Waals surface area contributed by atoms with Crippen molar-refractivity contribution >= 4 is 29.4 Å². The zero-order chi connectivity index (χ0) is 19.9. The highest BCUT2D eigenvalue weighted by molar-refractivity contribution is 7.99. The number of aliphatic imine (C=N–C) groups is 1. The van der Waals surface area contributed by atoms with E-state index in [0.717, 1.165) is 12.1 Å². The van der Waals surface area contributed by atoms with Gasteiger partial charge in [0.2, 0.25) is 0 Å². The molecule has 0 aliphatic rings. The van der Waals surface area contributed by atoms with Gasteiger partial charge in [0.25, 0.3) is 5.69 Å². The number of unbranched alkanes of at least 4 members (excludes halogenated alkanes) is 1. The highest BCUT2D eigenvalue weighted by Gasteiger charge is 2.17. The van der Waals surface area contributed by atoms with Crippen LogP contribution in [0.25, 0.3) is 0 Å². The first-order valence-electron chi connectivity index (χ1n) is 9.13. The summed E-state index contributed by atoms with van der Waals surface area (Å²) >= 11 is 1.27. The maximum Gasteiger partial charge on any atom is 0.283 e. The van der Waals surface area contributed by atoms with E-state index in [4.69, 9.17) is 0 Å². The van der Waals surface area contributed by atoms with E-state index < -0.39 is 0 Å². The SMILES string of the molecule is CCCCc1ccc(N=Cc2ccc(Sc3nccn3C)c([N+](=O)[O-])c2)cc1. The van der Waals surface area contributed by atoms with Crippen LogP contribution in [0, 0.1) is 10.1 Å². The van der Waals surface area contributed by atoms with Crippen molar-refractivity contribution in [3.05, 3.63) is 76.1 Å². The fraction of sp³-hybridized carbons (Fsp3) is 0.238. The van der Waals surface area contributed by atoms with Gasteiger partial charge in [-0.3, -0.25) is 15.1 Å². The van der Waals surface area contributed by atoms with Crippen molar-refractivity contribution < 1.29 is 4.92 Å². The van der Waals surface area contributed by atoms with Gasteiger partial charge in [0, 0.05) is 31.7 Å². The quantitative estimate of drug-likeness (QED) is 0.284. The Labute approximate surface area is 168 Å². The zero-order valence-electron chi connectivity index (χ0n) is 15.9. The monoisotopic (exact) mass is 394 g/mol. The van der Waals surface area contributed by atoms with Gasteiger partial charge in [-0.2, -0.15) is 0 Å². The summed E-state index contributed by atoms with van der Waals surface area (Å²) in [6.45, 7) is 2.18. The van der Waals surface area contributed by atoms with Gasteiger partial charge in [-0.15, -0.1) is 0 Å². The standard InChI is InChI=1S/C21H22N4O2S/c1-3-4-5-16-6-9-18(10-7-16)23-15-17-8-11-20(19(14-17)25(26)27)28-21-22-12-13-24(21)2/h6-15H,3-5H2,1-2H3. The minimum absolute atomic E-state index is 0.0480. The van der Waals surface area contributed by atoms with Crippen molar-refractivity contribution in [2.45, 2.75) is 36.2 Å². The molecule has 1 heterocycles. The molecular weight excluding hydrogens is 372 g/mol. The second-order valence-corrected chi connectivity index (χ2v) is 7.44. The third-order valence-corrected chi connectivity index (χ3v) is 5.42. The Hall–Kier alpha value is -2.93. The van der Waals surface area contributed by atoms with E-state index in [-0.39, 0.29) is 10.6 Å². The molecule has 3 aromatic rings. The smallest absolute Gasteiger partial charge is 0.283 e. The number of nitro benzene ring substituents is 1. The Kier molecular flexibility index (Phi) is 6.60. The van der Waals surface area contributed by atoms with Crippen molar-refractivity contribution in [3.63, 3.8) is 0 Å². The van der Waals surface area contributed by atoms with Crippen LogP contribution in [0.2, 0.25) is 0 Å². The summed E-state index contributed by atoms with van der Waals surface area (Å²) in [6, 6.07) is 13.2. The van der Waals surface area contributed by atoms with Gasteiger partial charge in [0.05, 0.1) is 15.5 Å². The third kappa shape index (κ3) is 5.07. The first-order valence-corrected chi connectivity index (χ1v) is 9.95. The predicted octanol–water partition coefficient (Wildman–Crippen LogP) is 5.57. The fourth-order valence-electron chi connectivity index (χ4n) is 2.67. The molecule has 2 aromatic carbocycles. The molecule has 0 spiro atoms. The second-order valence-electron chi connectivity index (χ2n) is 6.44. The molecule has 0 N–H and O–H groups in total. The molecule has 0 fully saturated rings. The van der Waals surface area contributed by atoms with Gasteiger partial charge >= 0.3 is 0 Å². The number of nitro groups is 1. The topological polar surface area (TPSA) is 73.3 Å². The van der Waals surface area contributed by atoms with Crippen LogP contribution in [0.1, 0.15) is 30.9 Å². The Morgan fingerprint density at radius 3 is 2.68 bits per heavy atom. The Morgan fingerprint density at radius 2 is 2.04 bits per heavy atom. The lowest BCUT2D eigenvalue weighted by Gasteiger charge is -2.04.